The molecule has 0 N–H and O–H groups in total. The molecule has 0 nitrogen and oxygen atoms in total. The van der Waals surface area contributed by atoms with Crippen molar-refractivity contribution in [3.8, 4) is 0 Å². The summed E-state index contributed by atoms with van der Waals surface area (Å²) in [6.07, 6.45) is 9.98. The zero-order chi connectivity index (χ0) is 13.2. The summed E-state index contributed by atoms with van der Waals surface area (Å²) >= 11 is 0. The Morgan fingerprint density at radius 1 is 1.11 bits per heavy atom. The molecule has 0 saturated heterocycles. The molecule has 18 heavy (non-hydrogen) atoms. The fourth-order valence-electron chi connectivity index (χ4n) is 2.13. The first-order valence-corrected chi connectivity index (χ1v) is 8.10. The summed E-state index contributed by atoms with van der Waals surface area (Å²) in [4.78, 5) is 0. The monoisotopic (exact) mass is 256 g/mol. The lowest BCUT2D eigenvalue weighted by molar-refractivity contribution is 0.769. The van der Waals surface area contributed by atoms with Gasteiger partial charge in [0.05, 0.1) is 9.52 Å². The highest BCUT2D eigenvalue weighted by atomic mass is 28.2. The molecule has 0 fully saturated rings. The highest BCUT2D eigenvalue weighted by Gasteiger charge is 2.06. The van der Waals surface area contributed by atoms with E-state index < -0.39 is 0 Å². The maximum Gasteiger partial charge on any atom is 0.0812 e. The third-order valence-corrected chi connectivity index (χ3v) is 4.53. The predicted molar refractivity (Wildman–Crippen MR) is 84.0 cm³/mol. The van der Waals surface area contributed by atoms with Crippen LogP contribution in [0.2, 0.25) is 6.04 Å². The van der Waals surface area contributed by atoms with Crippen molar-refractivity contribution < 1.29 is 0 Å². The largest absolute Gasteiger partial charge is 0.103 e. The first-order valence-electron chi connectivity index (χ1n) is 6.89. The summed E-state index contributed by atoms with van der Waals surface area (Å²) in [5, 5.41) is 1.53. The van der Waals surface area contributed by atoms with Crippen LogP contribution < -0.4 is 5.19 Å². The van der Waals surface area contributed by atoms with Gasteiger partial charge in [0, 0.05) is 0 Å². The smallest absolute Gasteiger partial charge is 0.0812 e. The molecule has 1 aromatic carbocycles. The maximum absolute atomic E-state index is 3.89. The summed E-state index contributed by atoms with van der Waals surface area (Å²) in [6.45, 7) is 10.00. The Labute approximate surface area is 115 Å². The zero-order valence-corrected chi connectivity index (χ0v) is 12.5. The normalized spacial score (nSPS) is 10.3. The van der Waals surface area contributed by atoms with Gasteiger partial charge in [0.1, 0.15) is 0 Å². The lowest BCUT2D eigenvalue weighted by atomic mass is 10.0. The molecule has 2 radical (unpaired) electrons. The van der Waals surface area contributed by atoms with Crippen molar-refractivity contribution in [3.63, 3.8) is 0 Å². The van der Waals surface area contributed by atoms with Crippen molar-refractivity contribution in [2.75, 3.05) is 0 Å². The van der Waals surface area contributed by atoms with E-state index in [9.17, 15) is 0 Å². The molecule has 0 aromatic heterocycles. The van der Waals surface area contributed by atoms with E-state index in [1.165, 1.54) is 41.6 Å². The second-order valence-electron chi connectivity index (χ2n) is 4.56. The topological polar surface area (TPSA) is 0 Å². The van der Waals surface area contributed by atoms with E-state index in [0.717, 1.165) is 22.4 Å². The molecule has 0 heterocycles. The quantitative estimate of drug-likeness (QED) is 0.355. The molecule has 0 bridgehead atoms. The summed E-state index contributed by atoms with van der Waals surface area (Å²) < 4.78 is 0. The van der Waals surface area contributed by atoms with E-state index in [-0.39, 0.29) is 0 Å². The molecule has 0 aliphatic carbocycles. The second-order valence-corrected chi connectivity index (χ2v) is 5.95. The van der Waals surface area contributed by atoms with Crippen LogP contribution in [0.15, 0.2) is 43.5 Å². The number of unbranched alkanes of at least 4 members (excludes halogenated alkanes) is 2. The molecule has 1 aromatic rings. The molecule has 0 atom stereocenters. The van der Waals surface area contributed by atoms with Crippen molar-refractivity contribution in [3.05, 3.63) is 54.6 Å². The summed E-state index contributed by atoms with van der Waals surface area (Å²) in [5.41, 5.74) is 2.91. The molecular weight excluding hydrogens is 232 g/mol. The fraction of sp³-hybridized carbons (Fsp3) is 0.412. The predicted octanol–water partition coefficient (Wildman–Crippen LogP) is 4.08. The molecular formula is C17H24Si. The van der Waals surface area contributed by atoms with Gasteiger partial charge in [-0.25, -0.2) is 0 Å². The van der Waals surface area contributed by atoms with Crippen molar-refractivity contribution in [2.24, 2.45) is 0 Å². The van der Waals surface area contributed by atoms with E-state index in [1.807, 2.05) is 12.2 Å². The van der Waals surface area contributed by atoms with Crippen LogP contribution in [0.1, 0.15) is 37.3 Å². The van der Waals surface area contributed by atoms with Gasteiger partial charge in [0.25, 0.3) is 0 Å². The summed E-state index contributed by atoms with van der Waals surface area (Å²) in [7, 11) is 0.942. The number of hydrogen-bond donors (Lipinski definition) is 0. The Morgan fingerprint density at radius 2 is 1.89 bits per heavy atom. The third-order valence-electron chi connectivity index (χ3n) is 3.08. The minimum absolute atomic E-state index is 0.942. The van der Waals surface area contributed by atoms with Crippen molar-refractivity contribution >= 4 is 14.7 Å². The average Bonchev–Trinajstić information content (AvgIpc) is 2.38. The lowest BCUT2D eigenvalue weighted by Gasteiger charge is -2.12. The van der Waals surface area contributed by atoms with Crippen LogP contribution in [0.3, 0.4) is 0 Å². The Balaban J connectivity index is 2.77. The molecule has 0 unspecified atom stereocenters. The molecule has 1 rings (SSSR count). The Morgan fingerprint density at radius 3 is 2.56 bits per heavy atom. The molecule has 0 saturated carbocycles. The summed E-state index contributed by atoms with van der Waals surface area (Å²) in [5.74, 6) is 0. The molecule has 0 aliphatic rings. The molecule has 96 valence electrons. The lowest BCUT2D eigenvalue weighted by Crippen LogP contribution is -2.20. The molecule has 0 spiro atoms. The minimum atomic E-state index is 0.942. The van der Waals surface area contributed by atoms with Crippen molar-refractivity contribution in [1.82, 2.24) is 0 Å². The standard InChI is InChI=1S/C17H24Si/c1-4-7-8-14-18-17-13-9-12-15(10-5-2)16(17)11-6-3/h5-6,9,12-13H,2-4,7-8,10-11,14H2,1H3. The average molecular weight is 256 g/mol. The number of hydrogen-bond acceptors (Lipinski definition) is 0. The third kappa shape index (κ3) is 4.65. The number of benzene rings is 1. The van der Waals surface area contributed by atoms with Gasteiger partial charge in [-0.15, -0.1) is 13.2 Å². The van der Waals surface area contributed by atoms with Crippen LogP contribution in [-0.2, 0) is 12.8 Å². The van der Waals surface area contributed by atoms with Gasteiger partial charge in [0.2, 0.25) is 0 Å². The van der Waals surface area contributed by atoms with Crippen LogP contribution in [0.4, 0.5) is 0 Å². The van der Waals surface area contributed by atoms with Crippen LogP contribution in [-0.4, -0.2) is 9.52 Å². The van der Waals surface area contributed by atoms with E-state index in [0.29, 0.717) is 0 Å². The van der Waals surface area contributed by atoms with Gasteiger partial charge in [-0.3, -0.25) is 0 Å². The zero-order valence-electron chi connectivity index (χ0n) is 11.5. The number of rotatable bonds is 9. The van der Waals surface area contributed by atoms with Crippen molar-refractivity contribution in [1.29, 1.82) is 0 Å². The first-order chi connectivity index (χ1) is 8.83. The van der Waals surface area contributed by atoms with E-state index in [4.69, 9.17) is 0 Å². The number of allylic oxidation sites excluding steroid dienone is 2. The van der Waals surface area contributed by atoms with Crippen LogP contribution in [0, 0.1) is 0 Å². The van der Waals surface area contributed by atoms with Gasteiger partial charge in [-0.05, 0) is 24.0 Å². The summed E-state index contributed by atoms with van der Waals surface area (Å²) in [6, 6.07) is 8.03. The van der Waals surface area contributed by atoms with Gasteiger partial charge in [0.15, 0.2) is 0 Å². The Bertz CT molecular complexity index is 379. The molecule has 0 amide bonds. The highest BCUT2D eigenvalue weighted by Crippen LogP contribution is 2.10. The Kier molecular flexibility index (Phi) is 7.43. The second kappa shape index (κ2) is 8.93. The van der Waals surface area contributed by atoms with Crippen LogP contribution >= 0.6 is 0 Å². The molecule has 1 heteroatoms. The van der Waals surface area contributed by atoms with Crippen LogP contribution in [0.5, 0.6) is 0 Å². The Hall–Kier alpha value is -1.08. The van der Waals surface area contributed by atoms with E-state index in [2.05, 4.69) is 38.3 Å². The first kappa shape index (κ1) is 15.0. The highest BCUT2D eigenvalue weighted by molar-refractivity contribution is 6.54. The van der Waals surface area contributed by atoms with Gasteiger partial charge in [-0.2, -0.15) is 0 Å². The SMILES string of the molecule is C=CCc1cccc([Si]CCCCC)c1CC=C. The fourth-order valence-corrected chi connectivity index (χ4v) is 3.52. The van der Waals surface area contributed by atoms with Gasteiger partial charge < -0.3 is 0 Å². The van der Waals surface area contributed by atoms with Crippen LogP contribution in [0.25, 0.3) is 0 Å². The minimum Gasteiger partial charge on any atom is -0.103 e. The van der Waals surface area contributed by atoms with Gasteiger partial charge in [-0.1, -0.05) is 67.8 Å². The van der Waals surface area contributed by atoms with E-state index in [1.54, 1.807) is 0 Å². The maximum atomic E-state index is 3.89. The molecule has 0 aliphatic heterocycles. The van der Waals surface area contributed by atoms with E-state index >= 15 is 0 Å². The van der Waals surface area contributed by atoms with Gasteiger partial charge >= 0.3 is 0 Å². The van der Waals surface area contributed by atoms with Crippen molar-refractivity contribution in [2.45, 2.75) is 45.1 Å².